The lowest BCUT2D eigenvalue weighted by molar-refractivity contribution is -0.130. The van der Waals surface area contributed by atoms with Gasteiger partial charge in [0.05, 0.1) is 13.1 Å². The molecule has 7 nitrogen and oxygen atoms in total. The van der Waals surface area contributed by atoms with Gasteiger partial charge in [0.2, 0.25) is 5.91 Å². The highest BCUT2D eigenvalue weighted by molar-refractivity contribution is 14.0. The highest BCUT2D eigenvalue weighted by Crippen LogP contribution is 2.30. The second-order valence-electron chi connectivity index (χ2n) is 9.34. The summed E-state index contributed by atoms with van der Waals surface area (Å²) in [5, 5.41) is 6.88. The average molecular weight is 560 g/mol. The van der Waals surface area contributed by atoms with Gasteiger partial charge in [-0.25, -0.2) is 4.99 Å². The molecular weight excluding hydrogens is 517 g/mol. The molecule has 1 aromatic rings. The summed E-state index contributed by atoms with van der Waals surface area (Å²) in [6.45, 7) is 12.9. The SMILES string of the molecule is CCNC(=NCCOc1ccccc1C(C)(C)C)NC1CCN(CC(=O)N(C)C)CC1.I. The van der Waals surface area contributed by atoms with E-state index >= 15 is 0 Å². The van der Waals surface area contributed by atoms with E-state index < -0.39 is 0 Å². The molecule has 0 saturated carbocycles. The van der Waals surface area contributed by atoms with Crippen LogP contribution in [0, 0.1) is 0 Å². The molecule has 1 aromatic carbocycles. The number of piperidine rings is 1. The predicted octanol–water partition coefficient (Wildman–Crippen LogP) is 3.09. The van der Waals surface area contributed by atoms with Crippen LogP contribution < -0.4 is 15.4 Å². The van der Waals surface area contributed by atoms with Gasteiger partial charge in [-0.2, -0.15) is 0 Å². The number of hydrogen-bond acceptors (Lipinski definition) is 4. The number of para-hydroxylation sites is 1. The molecule has 8 heteroatoms. The van der Waals surface area contributed by atoms with Crippen LogP contribution in [0.1, 0.15) is 46.1 Å². The van der Waals surface area contributed by atoms with Gasteiger partial charge in [-0.3, -0.25) is 9.69 Å². The average Bonchev–Trinajstić information content (AvgIpc) is 2.72. The highest BCUT2D eigenvalue weighted by Gasteiger charge is 2.22. The summed E-state index contributed by atoms with van der Waals surface area (Å²) in [5.41, 5.74) is 1.26. The second-order valence-corrected chi connectivity index (χ2v) is 9.34. The van der Waals surface area contributed by atoms with Crippen molar-refractivity contribution in [3.63, 3.8) is 0 Å². The first-order valence-corrected chi connectivity index (χ1v) is 11.4. The number of guanidine groups is 1. The number of aliphatic imine (C=N–C) groups is 1. The topological polar surface area (TPSA) is 69.2 Å². The van der Waals surface area contributed by atoms with Gasteiger partial charge in [-0.1, -0.05) is 39.0 Å². The summed E-state index contributed by atoms with van der Waals surface area (Å²) < 4.78 is 6.05. The number of carbonyl (C=O) groups excluding carboxylic acids is 1. The zero-order valence-electron chi connectivity index (χ0n) is 20.6. The summed E-state index contributed by atoms with van der Waals surface area (Å²) in [6.07, 6.45) is 2.00. The molecule has 1 fully saturated rings. The Hall–Kier alpha value is -1.55. The molecule has 0 unspecified atom stereocenters. The molecule has 1 heterocycles. The fourth-order valence-electron chi connectivity index (χ4n) is 3.61. The van der Waals surface area contributed by atoms with Crippen molar-refractivity contribution in [1.82, 2.24) is 20.4 Å². The van der Waals surface area contributed by atoms with Gasteiger partial charge in [-0.05, 0) is 36.8 Å². The molecule has 0 atom stereocenters. The predicted molar refractivity (Wildman–Crippen MR) is 143 cm³/mol. The first-order valence-electron chi connectivity index (χ1n) is 11.4. The number of likely N-dealkylation sites (N-methyl/N-ethyl adjacent to an activating group) is 1. The minimum atomic E-state index is 0. The third-order valence-corrected chi connectivity index (χ3v) is 5.44. The van der Waals surface area contributed by atoms with Crippen molar-refractivity contribution in [3.05, 3.63) is 29.8 Å². The molecule has 2 rings (SSSR count). The maximum Gasteiger partial charge on any atom is 0.236 e. The molecule has 0 spiro atoms. The summed E-state index contributed by atoms with van der Waals surface area (Å²) in [7, 11) is 3.61. The van der Waals surface area contributed by atoms with E-state index in [0.29, 0.717) is 25.7 Å². The molecule has 0 bridgehead atoms. The standard InChI is InChI=1S/C24H41N5O2.HI/c1-7-25-23(27-19-12-15-29(16-13-19)18-22(30)28(5)6)26-14-17-31-21-11-9-8-10-20(21)24(2,3)4;/h8-11,19H,7,12-18H2,1-6H3,(H2,25,26,27);1H. The zero-order chi connectivity index (χ0) is 22.9. The fourth-order valence-corrected chi connectivity index (χ4v) is 3.61. The molecule has 182 valence electrons. The van der Waals surface area contributed by atoms with Gasteiger partial charge in [-0.15, -0.1) is 24.0 Å². The van der Waals surface area contributed by atoms with Crippen molar-refractivity contribution in [1.29, 1.82) is 0 Å². The first kappa shape index (κ1) is 28.5. The number of benzene rings is 1. The second kappa shape index (κ2) is 13.9. The van der Waals surface area contributed by atoms with Crippen molar-refractivity contribution in [2.24, 2.45) is 4.99 Å². The van der Waals surface area contributed by atoms with Crippen molar-refractivity contribution in [2.75, 3.05) is 53.4 Å². The summed E-state index contributed by atoms with van der Waals surface area (Å²) in [4.78, 5) is 20.5. The fraction of sp³-hybridized carbons (Fsp3) is 0.667. The summed E-state index contributed by atoms with van der Waals surface area (Å²) in [6, 6.07) is 8.59. The highest BCUT2D eigenvalue weighted by atomic mass is 127. The van der Waals surface area contributed by atoms with Crippen molar-refractivity contribution >= 4 is 35.8 Å². The maximum atomic E-state index is 11.9. The Kier molecular flexibility index (Phi) is 12.3. The minimum Gasteiger partial charge on any atom is -0.491 e. The van der Waals surface area contributed by atoms with Crippen LogP contribution in [0.15, 0.2) is 29.3 Å². The zero-order valence-corrected chi connectivity index (χ0v) is 22.9. The van der Waals surface area contributed by atoms with E-state index in [1.165, 1.54) is 5.56 Å². The molecule has 1 amide bonds. The number of hydrogen-bond donors (Lipinski definition) is 2. The lowest BCUT2D eigenvalue weighted by Gasteiger charge is -2.33. The van der Waals surface area contributed by atoms with Crippen LogP contribution in [0.3, 0.4) is 0 Å². The maximum absolute atomic E-state index is 11.9. The molecule has 32 heavy (non-hydrogen) atoms. The molecule has 1 aliphatic heterocycles. The van der Waals surface area contributed by atoms with Crippen LogP contribution in [-0.4, -0.2) is 81.1 Å². The van der Waals surface area contributed by atoms with Crippen molar-refractivity contribution < 1.29 is 9.53 Å². The molecule has 1 saturated heterocycles. The number of amides is 1. The van der Waals surface area contributed by atoms with Crippen LogP contribution >= 0.6 is 24.0 Å². The van der Waals surface area contributed by atoms with E-state index in [1.54, 1.807) is 19.0 Å². The lowest BCUT2D eigenvalue weighted by atomic mass is 9.86. The smallest absolute Gasteiger partial charge is 0.236 e. The third-order valence-electron chi connectivity index (χ3n) is 5.44. The van der Waals surface area contributed by atoms with Gasteiger partial charge in [0.15, 0.2) is 5.96 Å². The Labute approximate surface area is 211 Å². The van der Waals surface area contributed by atoms with Gasteiger partial charge >= 0.3 is 0 Å². The summed E-state index contributed by atoms with van der Waals surface area (Å²) in [5.74, 6) is 1.93. The van der Waals surface area contributed by atoms with Crippen LogP contribution in [0.4, 0.5) is 0 Å². The van der Waals surface area contributed by atoms with E-state index in [2.05, 4.69) is 55.4 Å². The molecular formula is C24H42IN5O2. The van der Waals surface area contributed by atoms with Crippen LogP contribution in [-0.2, 0) is 10.2 Å². The number of rotatable bonds is 8. The van der Waals surface area contributed by atoms with Crippen LogP contribution in [0.2, 0.25) is 0 Å². The quantitative estimate of drug-likeness (QED) is 0.222. The normalized spacial score (nSPS) is 15.6. The molecule has 1 aliphatic rings. The van der Waals surface area contributed by atoms with E-state index in [-0.39, 0.29) is 35.3 Å². The summed E-state index contributed by atoms with van der Waals surface area (Å²) >= 11 is 0. The number of nitrogens with one attached hydrogen (secondary N) is 2. The van der Waals surface area contributed by atoms with E-state index in [0.717, 1.165) is 44.2 Å². The van der Waals surface area contributed by atoms with E-state index in [9.17, 15) is 4.79 Å². The minimum absolute atomic E-state index is 0. The Morgan fingerprint density at radius 3 is 2.47 bits per heavy atom. The number of halogens is 1. The molecule has 0 aliphatic carbocycles. The third kappa shape index (κ3) is 9.52. The van der Waals surface area contributed by atoms with Crippen LogP contribution in [0.5, 0.6) is 5.75 Å². The van der Waals surface area contributed by atoms with Crippen molar-refractivity contribution in [2.45, 2.75) is 52.0 Å². The Bertz CT molecular complexity index is 725. The van der Waals surface area contributed by atoms with E-state index in [4.69, 9.17) is 9.73 Å². The Morgan fingerprint density at radius 1 is 1.22 bits per heavy atom. The van der Waals surface area contributed by atoms with Gasteiger partial charge < -0.3 is 20.3 Å². The van der Waals surface area contributed by atoms with Crippen molar-refractivity contribution in [3.8, 4) is 5.75 Å². The monoisotopic (exact) mass is 559 g/mol. The number of likely N-dealkylation sites (tertiary alicyclic amines) is 1. The lowest BCUT2D eigenvalue weighted by Crippen LogP contribution is -2.50. The van der Waals surface area contributed by atoms with E-state index in [1.807, 2.05) is 12.1 Å². The Morgan fingerprint density at radius 2 is 1.88 bits per heavy atom. The number of nitrogens with zero attached hydrogens (tertiary/aromatic N) is 3. The van der Waals surface area contributed by atoms with Gasteiger partial charge in [0.25, 0.3) is 0 Å². The van der Waals surface area contributed by atoms with Gasteiger partial charge in [0.1, 0.15) is 12.4 Å². The number of carbonyl (C=O) groups is 1. The number of ether oxygens (including phenoxy) is 1. The molecule has 0 radical (unpaired) electrons. The first-order chi connectivity index (χ1) is 14.7. The van der Waals surface area contributed by atoms with Crippen LogP contribution in [0.25, 0.3) is 0 Å². The van der Waals surface area contributed by atoms with Gasteiger partial charge in [0, 0.05) is 39.8 Å². The molecule has 2 N–H and O–H groups in total. The molecule has 0 aromatic heterocycles. The Balaban J connectivity index is 0.00000512. The largest absolute Gasteiger partial charge is 0.491 e.